The molecule has 2 amide bonds. The molecule has 0 radical (unpaired) electrons. The lowest BCUT2D eigenvalue weighted by Crippen LogP contribution is -2.65. The third-order valence-corrected chi connectivity index (χ3v) is 7.48. The van der Waals surface area contributed by atoms with Gasteiger partial charge >= 0.3 is 0 Å². The van der Waals surface area contributed by atoms with Crippen LogP contribution in [-0.2, 0) is 25.5 Å². The van der Waals surface area contributed by atoms with Gasteiger partial charge in [-0.3, -0.25) is 24.1 Å². The number of Topliss-reactive ketones (excluding diaryl/α,β-unsaturated/α-hetero) is 2. The average Bonchev–Trinajstić information content (AvgIpc) is 2.80. The first-order valence-corrected chi connectivity index (χ1v) is 11.7. The van der Waals surface area contributed by atoms with E-state index in [2.05, 4.69) is 5.32 Å². The average molecular weight is 534 g/mol. The van der Waals surface area contributed by atoms with Crippen LogP contribution in [0.2, 0.25) is 0 Å². The van der Waals surface area contributed by atoms with Gasteiger partial charge in [0.1, 0.15) is 34.2 Å². The van der Waals surface area contributed by atoms with Gasteiger partial charge in [0.15, 0.2) is 11.4 Å². The van der Waals surface area contributed by atoms with E-state index in [0.717, 1.165) is 6.07 Å². The Morgan fingerprint density at radius 2 is 1.92 bits per heavy atom. The number of methoxy groups -OCH3 is 1. The van der Waals surface area contributed by atoms with Crippen molar-refractivity contribution in [2.45, 2.75) is 24.5 Å². The van der Waals surface area contributed by atoms with E-state index < -0.39 is 86.7 Å². The van der Waals surface area contributed by atoms with Gasteiger partial charge in [0.2, 0.25) is 5.78 Å². The smallest absolute Gasteiger partial charge is 0.258 e. The molecule has 0 bridgehead atoms. The zero-order valence-corrected chi connectivity index (χ0v) is 20.9. The molecule has 0 heterocycles. The van der Waals surface area contributed by atoms with E-state index in [1.54, 1.807) is 0 Å². The van der Waals surface area contributed by atoms with Gasteiger partial charge in [-0.15, -0.1) is 0 Å². The molecule has 3 aliphatic rings. The molecule has 13 heteroatoms. The molecule has 0 saturated heterocycles. The molecule has 38 heavy (non-hydrogen) atoms. The number of carbonyl (C=O) groups excluding carboxylic acids is 4. The SMILES string of the molecule is COCCNC(=O)c1c(F)cc2c(c1O)C(O)=C1C(=O)[C@]3(O)C(O)=C(C(N)=O)C(=O)[C@@H](N(C)C)[C@@H]3C[C@@H]1C2. The number of nitrogens with one attached hydrogen (secondary N) is 1. The Labute approximate surface area is 216 Å². The van der Waals surface area contributed by atoms with Crippen LogP contribution in [0.25, 0.3) is 5.76 Å². The number of nitrogens with zero attached hydrogens (tertiary/aromatic N) is 1. The van der Waals surface area contributed by atoms with E-state index in [1.165, 1.54) is 26.1 Å². The fraction of sp³-hybridized carbons (Fsp3) is 0.440. The molecule has 4 rings (SSSR count). The zero-order chi connectivity index (χ0) is 28.3. The number of amides is 2. The number of phenols is 1. The van der Waals surface area contributed by atoms with Crippen molar-refractivity contribution in [2.75, 3.05) is 34.4 Å². The molecule has 7 N–H and O–H groups in total. The van der Waals surface area contributed by atoms with Crippen LogP contribution in [0.15, 0.2) is 23.0 Å². The van der Waals surface area contributed by atoms with E-state index in [4.69, 9.17) is 10.5 Å². The quantitative estimate of drug-likeness (QED) is 0.204. The van der Waals surface area contributed by atoms with Gasteiger partial charge in [0, 0.05) is 25.1 Å². The number of carbonyl (C=O) groups is 4. The van der Waals surface area contributed by atoms with Crippen molar-refractivity contribution in [1.29, 1.82) is 0 Å². The standard InChI is InChI=1S/C25H28FN3O9/c1-29(2)17-11-7-9-6-10-8-12(26)15(24(36)28-4-5-38-3)19(31)13(10)18(30)14(9)21(33)25(11,37)22(34)16(20(17)32)23(27)35/h8-9,11,17,30-31,34,37H,4-7H2,1-3H3,(H2,27,35)(H,28,36)/t9-,11-,17-,25-/m0/s1. The monoisotopic (exact) mass is 533 g/mol. The lowest BCUT2D eigenvalue weighted by Gasteiger charge is -2.50. The predicted molar refractivity (Wildman–Crippen MR) is 128 cm³/mol. The van der Waals surface area contributed by atoms with E-state index in [0.29, 0.717) is 0 Å². The minimum Gasteiger partial charge on any atom is -0.508 e. The number of benzene rings is 1. The van der Waals surface area contributed by atoms with Crippen molar-refractivity contribution in [2.24, 2.45) is 17.6 Å². The highest BCUT2D eigenvalue weighted by molar-refractivity contribution is 6.24. The Bertz CT molecular complexity index is 1340. The number of halogens is 1. The van der Waals surface area contributed by atoms with Crippen LogP contribution in [-0.4, -0.2) is 94.7 Å². The Kier molecular flexibility index (Phi) is 6.80. The van der Waals surface area contributed by atoms with Crippen LogP contribution < -0.4 is 11.1 Å². The second kappa shape index (κ2) is 9.49. The van der Waals surface area contributed by atoms with Gasteiger partial charge in [-0.1, -0.05) is 0 Å². The predicted octanol–water partition coefficient (Wildman–Crippen LogP) is -0.521. The maximum absolute atomic E-state index is 15.0. The Hall–Kier alpha value is -3.81. The summed E-state index contributed by atoms with van der Waals surface area (Å²) in [5.41, 5.74) is 0.131. The summed E-state index contributed by atoms with van der Waals surface area (Å²) in [5, 5.41) is 46.8. The molecular formula is C25H28FN3O9. The molecule has 1 fully saturated rings. The number of phenolic OH excluding ortho intramolecular Hbond substituents is 1. The van der Waals surface area contributed by atoms with Crippen LogP contribution in [0.3, 0.4) is 0 Å². The van der Waals surface area contributed by atoms with Crippen molar-refractivity contribution in [3.63, 3.8) is 0 Å². The molecule has 0 aromatic heterocycles. The maximum Gasteiger partial charge on any atom is 0.258 e. The summed E-state index contributed by atoms with van der Waals surface area (Å²) < 4.78 is 19.8. The lowest BCUT2D eigenvalue weighted by molar-refractivity contribution is -0.153. The van der Waals surface area contributed by atoms with Gasteiger partial charge < -0.3 is 36.2 Å². The molecule has 1 aromatic rings. The third kappa shape index (κ3) is 3.77. The Morgan fingerprint density at radius 3 is 2.50 bits per heavy atom. The number of aliphatic hydroxyl groups excluding tert-OH is 2. The van der Waals surface area contributed by atoms with E-state index >= 15 is 0 Å². The number of aliphatic hydroxyl groups is 3. The van der Waals surface area contributed by atoms with Crippen LogP contribution in [0.5, 0.6) is 5.75 Å². The van der Waals surface area contributed by atoms with Crippen molar-refractivity contribution in [1.82, 2.24) is 10.2 Å². The third-order valence-electron chi connectivity index (χ3n) is 7.48. The van der Waals surface area contributed by atoms with Crippen LogP contribution in [0.4, 0.5) is 4.39 Å². The van der Waals surface area contributed by atoms with E-state index in [-0.39, 0.29) is 37.1 Å². The minimum atomic E-state index is -2.79. The highest BCUT2D eigenvalue weighted by atomic mass is 19.1. The Balaban J connectivity index is 1.89. The fourth-order valence-corrected chi connectivity index (χ4v) is 5.84. The fourth-order valence-electron chi connectivity index (χ4n) is 5.84. The Morgan fingerprint density at radius 1 is 1.26 bits per heavy atom. The van der Waals surface area contributed by atoms with E-state index in [9.17, 15) is 44.0 Å². The molecule has 0 aliphatic heterocycles. The number of rotatable bonds is 6. The number of primary amides is 1. The summed E-state index contributed by atoms with van der Waals surface area (Å²) in [6.07, 6.45) is -0.224. The topological polar surface area (TPSA) is 200 Å². The maximum atomic E-state index is 15.0. The van der Waals surface area contributed by atoms with E-state index in [1.807, 2.05) is 0 Å². The number of hydrogen-bond acceptors (Lipinski definition) is 10. The second-order valence-corrected chi connectivity index (χ2v) is 9.83. The van der Waals surface area contributed by atoms with Crippen molar-refractivity contribution in [3.8, 4) is 5.75 Å². The first-order chi connectivity index (χ1) is 17.8. The molecule has 0 unspecified atom stereocenters. The number of fused-ring (bicyclic) bond motifs is 3. The van der Waals surface area contributed by atoms with Crippen LogP contribution >= 0.6 is 0 Å². The second-order valence-electron chi connectivity index (χ2n) is 9.83. The molecule has 0 spiro atoms. The van der Waals surface area contributed by atoms with Gasteiger partial charge in [0.05, 0.1) is 18.2 Å². The van der Waals surface area contributed by atoms with Crippen molar-refractivity contribution in [3.05, 3.63) is 45.5 Å². The molecule has 4 atom stereocenters. The van der Waals surface area contributed by atoms with Gasteiger partial charge in [-0.2, -0.15) is 0 Å². The zero-order valence-electron chi connectivity index (χ0n) is 20.9. The summed E-state index contributed by atoms with van der Waals surface area (Å²) in [6.45, 7) is 0.123. The molecular weight excluding hydrogens is 505 g/mol. The van der Waals surface area contributed by atoms with Crippen LogP contribution in [0, 0.1) is 17.7 Å². The summed E-state index contributed by atoms with van der Waals surface area (Å²) >= 11 is 0. The lowest BCUT2D eigenvalue weighted by atomic mass is 9.57. The first-order valence-electron chi connectivity index (χ1n) is 11.7. The summed E-state index contributed by atoms with van der Waals surface area (Å²) in [5.74, 6) is -10.5. The highest BCUT2D eigenvalue weighted by Crippen LogP contribution is 2.53. The summed E-state index contributed by atoms with van der Waals surface area (Å²) in [7, 11) is 4.37. The highest BCUT2D eigenvalue weighted by Gasteiger charge is 2.64. The molecule has 204 valence electrons. The molecule has 1 saturated carbocycles. The van der Waals surface area contributed by atoms with Crippen LogP contribution in [0.1, 0.15) is 27.9 Å². The molecule has 12 nitrogen and oxygen atoms in total. The van der Waals surface area contributed by atoms with Gasteiger partial charge in [0.25, 0.3) is 11.8 Å². The summed E-state index contributed by atoms with van der Waals surface area (Å²) in [6, 6.07) is -0.257. The minimum absolute atomic E-state index is 0.00687. The van der Waals surface area contributed by atoms with Gasteiger partial charge in [-0.25, -0.2) is 4.39 Å². The number of likely N-dealkylation sites (N-methyl/N-ethyl adjacent to an activating group) is 1. The molecule has 3 aliphatic carbocycles. The number of nitrogens with two attached hydrogens (primary N) is 1. The largest absolute Gasteiger partial charge is 0.508 e. The molecule has 1 aromatic carbocycles. The number of hydrogen-bond donors (Lipinski definition) is 6. The summed E-state index contributed by atoms with van der Waals surface area (Å²) in [4.78, 5) is 52.7. The number of ketones is 2. The number of aromatic hydroxyl groups is 1. The number of ether oxygens (including phenoxy) is 1. The first kappa shape index (κ1) is 27.2. The normalized spacial score (nSPS) is 26.7. The van der Waals surface area contributed by atoms with Crippen molar-refractivity contribution >= 4 is 29.1 Å². The van der Waals surface area contributed by atoms with Crippen molar-refractivity contribution < 1.29 is 48.7 Å². The van der Waals surface area contributed by atoms with Gasteiger partial charge in [-0.05, 0) is 44.5 Å².